The molecule has 2 aromatic carbocycles. The molecule has 0 atom stereocenters. The minimum Gasteiger partial charge on any atom is -0.305 e. The molecule has 0 saturated heterocycles. The molecular formula is C19H22BrN. The third-order valence-electron chi connectivity index (χ3n) is 4.28. The van der Waals surface area contributed by atoms with E-state index in [2.05, 4.69) is 71.3 Å². The zero-order valence-corrected chi connectivity index (χ0v) is 14.4. The van der Waals surface area contributed by atoms with Crippen LogP contribution >= 0.6 is 15.9 Å². The molecule has 4 bridgehead atoms. The fourth-order valence-electron chi connectivity index (χ4n) is 3.05. The van der Waals surface area contributed by atoms with E-state index in [1.807, 2.05) is 0 Å². The Balaban J connectivity index is 2.02. The Bertz CT molecular complexity index is 629. The van der Waals surface area contributed by atoms with E-state index in [0.717, 1.165) is 32.2 Å². The molecule has 0 unspecified atom stereocenters. The number of rotatable bonds is 2. The van der Waals surface area contributed by atoms with E-state index in [9.17, 15) is 0 Å². The van der Waals surface area contributed by atoms with Crippen molar-refractivity contribution in [2.24, 2.45) is 0 Å². The molecule has 110 valence electrons. The van der Waals surface area contributed by atoms with Gasteiger partial charge in [0.25, 0.3) is 0 Å². The summed E-state index contributed by atoms with van der Waals surface area (Å²) in [6.45, 7) is 1.00. The van der Waals surface area contributed by atoms with Gasteiger partial charge in [-0.15, -0.1) is 0 Å². The zero-order chi connectivity index (χ0) is 14.8. The maximum Gasteiger partial charge on any atom is 0.0255 e. The van der Waals surface area contributed by atoms with Crippen LogP contribution in [-0.2, 0) is 32.2 Å². The zero-order valence-electron chi connectivity index (χ0n) is 12.8. The first-order valence-corrected chi connectivity index (χ1v) is 8.44. The van der Waals surface area contributed by atoms with Crippen LogP contribution < -0.4 is 0 Å². The molecule has 0 heterocycles. The van der Waals surface area contributed by atoms with Gasteiger partial charge in [-0.1, -0.05) is 52.3 Å². The molecule has 0 aliphatic heterocycles. The molecule has 0 amide bonds. The summed E-state index contributed by atoms with van der Waals surface area (Å²) in [6.07, 6.45) is 4.44. The number of aryl methyl sites for hydroxylation is 4. The number of hydrogen-bond donors (Lipinski definition) is 0. The van der Waals surface area contributed by atoms with Crippen LogP contribution in [0.5, 0.6) is 0 Å². The molecule has 0 saturated carbocycles. The van der Waals surface area contributed by atoms with E-state index in [-0.39, 0.29) is 0 Å². The van der Waals surface area contributed by atoms with Gasteiger partial charge in [-0.2, -0.15) is 0 Å². The highest BCUT2D eigenvalue weighted by Gasteiger charge is 2.13. The molecule has 21 heavy (non-hydrogen) atoms. The lowest BCUT2D eigenvalue weighted by Crippen LogP contribution is -2.14. The molecule has 0 radical (unpaired) electrons. The second kappa shape index (κ2) is 6.33. The van der Waals surface area contributed by atoms with Crippen molar-refractivity contribution in [1.82, 2.24) is 4.90 Å². The minimum atomic E-state index is 1.00. The number of benzene rings is 2. The van der Waals surface area contributed by atoms with Gasteiger partial charge in [-0.3, -0.25) is 0 Å². The molecular weight excluding hydrogens is 322 g/mol. The Morgan fingerprint density at radius 2 is 1.33 bits per heavy atom. The van der Waals surface area contributed by atoms with Crippen LogP contribution in [0.4, 0.5) is 0 Å². The average Bonchev–Trinajstić information content (AvgIpc) is 2.45. The SMILES string of the molecule is CN(C)Cc1c2ccc(c1Br)CCc1ccc(cc1)CC2. The molecule has 4 aliphatic rings. The first-order chi connectivity index (χ1) is 10.1. The molecule has 2 aromatic rings. The Labute approximate surface area is 136 Å². The van der Waals surface area contributed by atoms with Crippen LogP contribution in [0, 0.1) is 0 Å². The number of nitrogens with zero attached hydrogens (tertiary/aromatic N) is 1. The number of halogens is 1. The van der Waals surface area contributed by atoms with Gasteiger partial charge in [0.05, 0.1) is 0 Å². The van der Waals surface area contributed by atoms with Crippen molar-refractivity contribution in [3.8, 4) is 0 Å². The highest BCUT2D eigenvalue weighted by atomic mass is 79.9. The Morgan fingerprint density at radius 1 is 0.810 bits per heavy atom. The molecule has 0 aromatic heterocycles. The van der Waals surface area contributed by atoms with Gasteiger partial charge >= 0.3 is 0 Å². The first kappa shape index (κ1) is 14.8. The summed E-state index contributed by atoms with van der Waals surface area (Å²) < 4.78 is 1.32. The molecule has 0 N–H and O–H groups in total. The summed E-state index contributed by atoms with van der Waals surface area (Å²) in [5.41, 5.74) is 7.25. The molecule has 0 spiro atoms. The molecule has 4 aliphatic carbocycles. The fraction of sp³-hybridized carbons (Fsp3) is 0.368. The van der Waals surface area contributed by atoms with E-state index in [0.29, 0.717) is 0 Å². The van der Waals surface area contributed by atoms with E-state index < -0.39 is 0 Å². The van der Waals surface area contributed by atoms with Crippen molar-refractivity contribution in [1.29, 1.82) is 0 Å². The van der Waals surface area contributed by atoms with Gasteiger partial charge in [0.15, 0.2) is 0 Å². The van der Waals surface area contributed by atoms with Crippen molar-refractivity contribution >= 4 is 15.9 Å². The van der Waals surface area contributed by atoms with E-state index >= 15 is 0 Å². The van der Waals surface area contributed by atoms with Crippen LogP contribution in [0.25, 0.3) is 0 Å². The van der Waals surface area contributed by atoms with Gasteiger partial charge in [-0.05, 0) is 67.6 Å². The van der Waals surface area contributed by atoms with E-state index in [1.165, 1.54) is 32.3 Å². The summed E-state index contributed by atoms with van der Waals surface area (Å²) in [5.74, 6) is 0. The second-order valence-corrected chi connectivity index (χ2v) is 7.02. The Kier molecular flexibility index (Phi) is 4.46. The maximum atomic E-state index is 3.88. The van der Waals surface area contributed by atoms with Crippen LogP contribution in [0.1, 0.15) is 27.8 Å². The normalized spacial score (nSPS) is 14.3. The van der Waals surface area contributed by atoms with Gasteiger partial charge in [0.1, 0.15) is 0 Å². The quantitative estimate of drug-likeness (QED) is 0.781. The second-order valence-electron chi connectivity index (χ2n) is 6.23. The largest absolute Gasteiger partial charge is 0.305 e. The summed E-state index contributed by atoms with van der Waals surface area (Å²) in [7, 11) is 4.29. The van der Waals surface area contributed by atoms with Crippen molar-refractivity contribution in [3.05, 3.63) is 68.7 Å². The molecule has 2 heteroatoms. The van der Waals surface area contributed by atoms with Gasteiger partial charge in [-0.25, -0.2) is 0 Å². The highest BCUT2D eigenvalue weighted by molar-refractivity contribution is 9.10. The van der Waals surface area contributed by atoms with Crippen LogP contribution in [0.3, 0.4) is 0 Å². The predicted octanol–water partition coefficient (Wildman–Crippen LogP) is 4.39. The molecule has 0 fully saturated rings. The third-order valence-corrected chi connectivity index (χ3v) is 5.27. The third kappa shape index (κ3) is 3.38. The Hall–Kier alpha value is -1.12. The first-order valence-electron chi connectivity index (χ1n) is 7.65. The molecule has 6 rings (SSSR count). The smallest absolute Gasteiger partial charge is 0.0255 e. The van der Waals surface area contributed by atoms with Gasteiger partial charge in [0.2, 0.25) is 0 Å². The topological polar surface area (TPSA) is 3.24 Å². The van der Waals surface area contributed by atoms with Crippen LogP contribution in [0.15, 0.2) is 40.9 Å². The maximum absolute atomic E-state index is 3.88. The Morgan fingerprint density at radius 3 is 1.90 bits per heavy atom. The molecule has 1 nitrogen and oxygen atoms in total. The van der Waals surface area contributed by atoms with Gasteiger partial charge < -0.3 is 4.90 Å². The van der Waals surface area contributed by atoms with Crippen molar-refractivity contribution in [3.63, 3.8) is 0 Å². The average molecular weight is 344 g/mol. The summed E-state index contributed by atoms with van der Waals surface area (Å²) in [5, 5.41) is 0. The summed E-state index contributed by atoms with van der Waals surface area (Å²) in [4.78, 5) is 2.26. The van der Waals surface area contributed by atoms with Crippen LogP contribution in [0.2, 0.25) is 0 Å². The summed E-state index contributed by atoms with van der Waals surface area (Å²) >= 11 is 3.88. The standard InChI is InChI=1S/C19H22BrN/c1-21(2)13-18-16-9-7-14-3-5-15(6-4-14)8-10-17(12-11-16)19(18)20/h3-6,11-12H,7-10,13H2,1-2H3. The number of hydrogen-bond acceptors (Lipinski definition) is 1. The van der Waals surface area contributed by atoms with Crippen molar-refractivity contribution in [2.75, 3.05) is 14.1 Å². The van der Waals surface area contributed by atoms with Gasteiger partial charge in [0, 0.05) is 11.0 Å². The lowest BCUT2D eigenvalue weighted by molar-refractivity contribution is 0.399. The predicted molar refractivity (Wildman–Crippen MR) is 92.8 cm³/mol. The summed E-state index contributed by atoms with van der Waals surface area (Å²) in [6, 6.07) is 13.8. The monoisotopic (exact) mass is 343 g/mol. The fourth-order valence-corrected chi connectivity index (χ4v) is 3.77. The lowest BCUT2D eigenvalue weighted by Gasteiger charge is -2.19. The highest BCUT2D eigenvalue weighted by Crippen LogP contribution is 2.29. The lowest BCUT2D eigenvalue weighted by atomic mass is 9.93. The minimum absolute atomic E-state index is 1.00. The van der Waals surface area contributed by atoms with Crippen molar-refractivity contribution < 1.29 is 0 Å². The van der Waals surface area contributed by atoms with E-state index in [4.69, 9.17) is 0 Å². The van der Waals surface area contributed by atoms with E-state index in [1.54, 1.807) is 0 Å². The van der Waals surface area contributed by atoms with Crippen LogP contribution in [-0.4, -0.2) is 19.0 Å². The van der Waals surface area contributed by atoms with Crippen molar-refractivity contribution in [2.45, 2.75) is 32.2 Å².